The Labute approximate surface area is 167 Å². The molecule has 144 valence electrons. The molecule has 3 aromatic rings. The van der Waals surface area contributed by atoms with Crippen LogP contribution in [0.4, 0.5) is 17.3 Å². The van der Waals surface area contributed by atoms with Crippen molar-refractivity contribution < 1.29 is 9.53 Å². The maximum atomic E-state index is 12.5. The Bertz CT molecular complexity index is 958. The van der Waals surface area contributed by atoms with E-state index in [-0.39, 0.29) is 5.91 Å². The molecule has 4 rings (SSSR count). The first-order chi connectivity index (χ1) is 13.7. The first-order valence-electron chi connectivity index (χ1n) is 8.96. The van der Waals surface area contributed by atoms with E-state index in [0.29, 0.717) is 5.75 Å². The highest BCUT2D eigenvalue weighted by atomic mass is 32.2. The summed E-state index contributed by atoms with van der Waals surface area (Å²) in [5, 5.41) is 9.39. The number of amides is 1. The van der Waals surface area contributed by atoms with Crippen LogP contribution < -0.4 is 14.5 Å². The molecule has 0 N–H and O–H groups in total. The van der Waals surface area contributed by atoms with Crippen molar-refractivity contribution in [2.24, 2.45) is 0 Å². The van der Waals surface area contributed by atoms with Gasteiger partial charge in [0.15, 0.2) is 5.16 Å². The molecule has 2 aromatic carbocycles. The number of hydrogen-bond acceptors (Lipinski definition) is 6. The molecule has 0 unspecified atom stereocenters. The lowest BCUT2D eigenvalue weighted by Gasteiger charge is -2.16. The highest BCUT2D eigenvalue weighted by molar-refractivity contribution is 7.99. The third-order valence-electron chi connectivity index (χ3n) is 4.71. The Morgan fingerprint density at radius 1 is 1.11 bits per heavy atom. The number of anilines is 3. The van der Waals surface area contributed by atoms with Gasteiger partial charge in [0.1, 0.15) is 5.75 Å². The number of carbonyl (C=O) groups excluding carboxylic acids is 1. The topological polar surface area (TPSA) is 63.5 Å². The summed E-state index contributed by atoms with van der Waals surface area (Å²) in [6, 6.07) is 17.5. The van der Waals surface area contributed by atoms with Crippen molar-refractivity contribution in [1.82, 2.24) is 14.8 Å². The highest BCUT2D eigenvalue weighted by Gasteiger charge is 2.26. The second kappa shape index (κ2) is 7.93. The van der Waals surface area contributed by atoms with Gasteiger partial charge in [-0.15, -0.1) is 10.2 Å². The van der Waals surface area contributed by atoms with E-state index in [9.17, 15) is 4.79 Å². The van der Waals surface area contributed by atoms with E-state index in [2.05, 4.69) is 19.7 Å². The number of carbonyl (C=O) groups is 1. The Hall–Kier alpha value is -3.00. The Morgan fingerprint density at radius 2 is 1.86 bits per heavy atom. The Morgan fingerprint density at radius 3 is 2.57 bits per heavy atom. The molecular formula is C20H21N5O2S. The number of aromatic nitrogens is 3. The number of benzene rings is 2. The summed E-state index contributed by atoms with van der Waals surface area (Å²) in [5.41, 5.74) is 1.92. The van der Waals surface area contributed by atoms with Gasteiger partial charge < -0.3 is 14.5 Å². The van der Waals surface area contributed by atoms with Crippen LogP contribution in [-0.2, 0) is 11.3 Å². The molecule has 1 aromatic heterocycles. The maximum absolute atomic E-state index is 12.5. The fourth-order valence-electron chi connectivity index (χ4n) is 3.11. The van der Waals surface area contributed by atoms with Gasteiger partial charge in [-0.2, -0.15) is 0 Å². The van der Waals surface area contributed by atoms with Gasteiger partial charge in [0, 0.05) is 31.5 Å². The van der Waals surface area contributed by atoms with Crippen molar-refractivity contribution in [3.63, 3.8) is 0 Å². The minimum absolute atomic E-state index is 0.0264. The molecule has 2 heterocycles. The largest absolute Gasteiger partial charge is 0.497 e. The Balaban J connectivity index is 1.43. The standard InChI is InChI=1S/C20H21N5O2S/c1-23(15-6-4-3-5-7-15)18(26)14-28-20-22-21-19-24(12-13-25(19)20)16-8-10-17(27-2)11-9-16/h3-11H,12-14H2,1-2H3. The van der Waals surface area contributed by atoms with Crippen molar-refractivity contribution >= 4 is 35.0 Å². The molecular weight excluding hydrogens is 374 g/mol. The van der Waals surface area contributed by atoms with E-state index < -0.39 is 0 Å². The van der Waals surface area contributed by atoms with Gasteiger partial charge in [0.05, 0.1) is 12.9 Å². The number of nitrogens with zero attached hydrogens (tertiary/aromatic N) is 5. The molecule has 0 bridgehead atoms. The second-order valence-electron chi connectivity index (χ2n) is 6.36. The zero-order valence-electron chi connectivity index (χ0n) is 15.8. The van der Waals surface area contributed by atoms with Crippen LogP contribution in [0.15, 0.2) is 59.8 Å². The summed E-state index contributed by atoms with van der Waals surface area (Å²) in [4.78, 5) is 16.3. The molecule has 0 saturated heterocycles. The highest BCUT2D eigenvalue weighted by Crippen LogP contribution is 2.33. The van der Waals surface area contributed by atoms with Crippen LogP contribution >= 0.6 is 11.8 Å². The number of methoxy groups -OCH3 is 1. The number of fused-ring (bicyclic) bond motifs is 1. The second-order valence-corrected chi connectivity index (χ2v) is 7.30. The molecule has 1 aliphatic heterocycles. The lowest BCUT2D eigenvalue weighted by Crippen LogP contribution is -2.27. The molecule has 1 aliphatic rings. The first-order valence-corrected chi connectivity index (χ1v) is 9.95. The molecule has 1 amide bonds. The summed E-state index contributed by atoms with van der Waals surface area (Å²) in [6.07, 6.45) is 0. The minimum atomic E-state index is 0.0264. The predicted molar refractivity (Wildman–Crippen MR) is 111 cm³/mol. The quantitative estimate of drug-likeness (QED) is 0.598. The number of hydrogen-bond donors (Lipinski definition) is 0. The number of thioether (sulfide) groups is 1. The summed E-state index contributed by atoms with van der Waals surface area (Å²) in [7, 11) is 3.44. The van der Waals surface area contributed by atoms with Crippen molar-refractivity contribution in [2.45, 2.75) is 11.7 Å². The van der Waals surface area contributed by atoms with Crippen LogP contribution in [-0.4, -0.2) is 47.1 Å². The van der Waals surface area contributed by atoms with E-state index in [0.717, 1.165) is 41.3 Å². The normalized spacial score (nSPS) is 12.7. The number of para-hydroxylation sites is 1. The van der Waals surface area contributed by atoms with Crippen LogP contribution in [0, 0.1) is 0 Å². The first kappa shape index (κ1) is 18.4. The maximum Gasteiger partial charge on any atom is 0.237 e. The fraction of sp³-hybridized carbons (Fsp3) is 0.250. The fourth-order valence-corrected chi connectivity index (χ4v) is 3.98. The predicted octanol–water partition coefficient (Wildman–Crippen LogP) is 3.19. The molecule has 0 fully saturated rings. The smallest absolute Gasteiger partial charge is 0.237 e. The lowest BCUT2D eigenvalue weighted by atomic mass is 10.3. The average molecular weight is 395 g/mol. The molecule has 7 nitrogen and oxygen atoms in total. The van der Waals surface area contributed by atoms with Gasteiger partial charge in [-0.3, -0.25) is 9.36 Å². The van der Waals surface area contributed by atoms with Gasteiger partial charge in [-0.1, -0.05) is 30.0 Å². The van der Waals surface area contributed by atoms with Crippen molar-refractivity contribution in [1.29, 1.82) is 0 Å². The van der Waals surface area contributed by atoms with Crippen LogP contribution in [0.3, 0.4) is 0 Å². The summed E-state index contributed by atoms with van der Waals surface area (Å²) >= 11 is 1.42. The minimum Gasteiger partial charge on any atom is -0.497 e. The Kier molecular flexibility index (Phi) is 5.21. The molecule has 28 heavy (non-hydrogen) atoms. The average Bonchev–Trinajstić information content (AvgIpc) is 3.34. The monoisotopic (exact) mass is 395 g/mol. The van der Waals surface area contributed by atoms with Gasteiger partial charge in [-0.25, -0.2) is 0 Å². The van der Waals surface area contributed by atoms with E-state index in [1.54, 1.807) is 19.1 Å². The van der Waals surface area contributed by atoms with Gasteiger partial charge in [0.2, 0.25) is 11.9 Å². The lowest BCUT2D eigenvalue weighted by molar-refractivity contribution is -0.115. The van der Waals surface area contributed by atoms with E-state index in [4.69, 9.17) is 4.74 Å². The van der Waals surface area contributed by atoms with Crippen LogP contribution in [0.2, 0.25) is 0 Å². The third-order valence-corrected chi connectivity index (χ3v) is 5.66. The molecule has 0 spiro atoms. The van der Waals surface area contributed by atoms with Gasteiger partial charge in [0.25, 0.3) is 0 Å². The SMILES string of the molecule is COc1ccc(N2CCn3c(SCC(=O)N(C)c4ccccc4)nnc32)cc1. The third kappa shape index (κ3) is 3.55. The van der Waals surface area contributed by atoms with Gasteiger partial charge in [-0.05, 0) is 36.4 Å². The molecule has 0 atom stereocenters. The van der Waals surface area contributed by atoms with E-state index >= 15 is 0 Å². The summed E-state index contributed by atoms with van der Waals surface area (Å²) in [6.45, 7) is 1.61. The molecule has 0 saturated carbocycles. The van der Waals surface area contributed by atoms with Gasteiger partial charge >= 0.3 is 0 Å². The van der Waals surface area contributed by atoms with Crippen LogP contribution in [0.25, 0.3) is 0 Å². The van der Waals surface area contributed by atoms with Crippen molar-refractivity contribution in [3.05, 3.63) is 54.6 Å². The molecule has 0 radical (unpaired) electrons. The summed E-state index contributed by atoms with van der Waals surface area (Å²) < 4.78 is 7.28. The van der Waals surface area contributed by atoms with E-state index in [1.165, 1.54) is 11.8 Å². The number of rotatable bonds is 6. The zero-order valence-corrected chi connectivity index (χ0v) is 16.6. The van der Waals surface area contributed by atoms with E-state index in [1.807, 2.05) is 54.6 Å². The summed E-state index contributed by atoms with van der Waals surface area (Å²) in [5.74, 6) is 1.96. The van der Waals surface area contributed by atoms with Crippen molar-refractivity contribution in [3.8, 4) is 5.75 Å². The molecule has 8 heteroatoms. The molecule has 0 aliphatic carbocycles. The van der Waals surface area contributed by atoms with Crippen molar-refractivity contribution in [2.75, 3.05) is 36.3 Å². The van der Waals surface area contributed by atoms with Crippen LogP contribution in [0.1, 0.15) is 0 Å². The number of ether oxygens (including phenoxy) is 1. The zero-order chi connectivity index (χ0) is 19.5. The van der Waals surface area contributed by atoms with Crippen LogP contribution in [0.5, 0.6) is 5.75 Å².